The van der Waals surface area contributed by atoms with E-state index in [2.05, 4.69) is 15.9 Å². The number of halogens is 3. The lowest BCUT2D eigenvalue weighted by atomic mass is 9.85. The monoisotopic (exact) mass is 264 g/mol. The van der Waals surface area contributed by atoms with Crippen LogP contribution in [0.15, 0.2) is 16.6 Å². The molecule has 0 unspecified atom stereocenters. The maximum atomic E-state index is 13.5. The number of benzene rings is 1. The molecule has 0 spiro atoms. The Morgan fingerprint density at radius 1 is 1.36 bits per heavy atom. The van der Waals surface area contributed by atoms with Gasteiger partial charge in [0.05, 0.1) is 11.1 Å². The van der Waals surface area contributed by atoms with Gasteiger partial charge in [0.1, 0.15) is 11.6 Å². The van der Waals surface area contributed by atoms with Gasteiger partial charge in [-0.1, -0.05) is 13.8 Å². The SMILES string of the molecule is CC(C)(CO)c1cc(F)cc(Br)c1F. The number of hydrogen-bond acceptors (Lipinski definition) is 1. The van der Waals surface area contributed by atoms with Crippen molar-refractivity contribution in [2.45, 2.75) is 19.3 Å². The second kappa shape index (κ2) is 3.95. The second-order valence-corrected chi connectivity index (χ2v) is 4.65. The van der Waals surface area contributed by atoms with Gasteiger partial charge in [0.2, 0.25) is 0 Å². The van der Waals surface area contributed by atoms with E-state index in [-0.39, 0.29) is 16.6 Å². The van der Waals surface area contributed by atoms with Gasteiger partial charge in [-0.25, -0.2) is 8.78 Å². The molecule has 1 rings (SSSR count). The Bertz CT molecular complexity index is 350. The van der Waals surface area contributed by atoms with Crippen LogP contribution in [0.3, 0.4) is 0 Å². The summed E-state index contributed by atoms with van der Waals surface area (Å²) in [5, 5.41) is 9.05. The molecular weight excluding hydrogens is 254 g/mol. The minimum atomic E-state index is -0.783. The molecule has 0 saturated heterocycles. The van der Waals surface area contributed by atoms with Crippen molar-refractivity contribution in [3.8, 4) is 0 Å². The smallest absolute Gasteiger partial charge is 0.141 e. The maximum Gasteiger partial charge on any atom is 0.141 e. The van der Waals surface area contributed by atoms with Crippen LogP contribution in [0.2, 0.25) is 0 Å². The van der Waals surface area contributed by atoms with E-state index in [1.165, 1.54) is 0 Å². The molecule has 0 bridgehead atoms. The van der Waals surface area contributed by atoms with Crippen LogP contribution in [0.1, 0.15) is 19.4 Å². The first-order valence-electron chi connectivity index (χ1n) is 4.14. The molecule has 1 aromatic rings. The molecule has 0 aliphatic carbocycles. The van der Waals surface area contributed by atoms with Crippen LogP contribution in [-0.4, -0.2) is 11.7 Å². The van der Waals surface area contributed by atoms with Crippen LogP contribution in [0.25, 0.3) is 0 Å². The van der Waals surface area contributed by atoms with Gasteiger partial charge in [0.25, 0.3) is 0 Å². The lowest BCUT2D eigenvalue weighted by Crippen LogP contribution is -2.24. The Morgan fingerprint density at radius 2 is 1.93 bits per heavy atom. The van der Waals surface area contributed by atoms with Crippen LogP contribution in [0.5, 0.6) is 0 Å². The topological polar surface area (TPSA) is 20.2 Å². The maximum absolute atomic E-state index is 13.5. The highest BCUT2D eigenvalue weighted by molar-refractivity contribution is 9.10. The highest BCUT2D eigenvalue weighted by atomic mass is 79.9. The van der Waals surface area contributed by atoms with Gasteiger partial charge in [0.15, 0.2) is 0 Å². The quantitative estimate of drug-likeness (QED) is 0.815. The highest BCUT2D eigenvalue weighted by Crippen LogP contribution is 2.30. The average molecular weight is 265 g/mol. The molecule has 1 N–H and O–H groups in total. The number of aliphatic hydroxyl groups is 1. The molecule has 0 amide bonds. The van der Waals surface area contributed by atoms with Crippen molar-refractivity contribution in [1.82, 2.24) is 0 Å². The summed E-state index contributed by atoms with van der Waals surface area (Å²) in [5.41, 5.74) is -0.610. The van der Waals surface area contributed by atoms with E-state index in [9.17, 15) is 8.78 Å². The van der Waals surface area contributed by atoms with Crippen LogP contribution in [0.4, 0.5) is 8.78 Å². The molecular formula is C10H11BrF2O. The van der Waals surface area contributed by atoms with Crippen LogP contribution < -0.4 is 0 Å². The molecule has 0 aliphatic heterocycles. The molecule has 14 heavy (non-hydrogen) atoms. The van der Waals surface area contributed by atoms with Gasteiger partial charge in [-0.3, -0.25) is 0 Å². The fourth-order valence-electron chi connectivity index (χ4n) is 1.13. The van der Waals surface area contributed by atoms with E-state index in [0.717, 1.165) is 12.1 Å². The largest absolute Gasteiger partial charge is 0.395 e. The van der Waals surface area contributed by atoms with E-state index in [4.69, 9.17) is 5.11 Å². The Hall–Kier alpha value is -0.480. The molecule has 0 fully saturated rings. The zero-order valence-electron chi connectivity index (χ0n) is 7.94. The van der Waals surface area contributed by atoms with E-state index in [0.29, 0.717) is 0 Å². The molecule has 0 saturated carbocycles. The summed E-state index contributed by atoms with van der Waals surface area (Å²) in [6.07, 6.45) is 0. The Labute approximate surface area is 89.9 Å². The second-order valence-electron chi connectivity index (χ2n) is 3.79. The van der Waals surface area contributed by atoms with Crippen molar-refractivity contribution < 1.29 is 13.9 Å². The minimum Gasteiger partial charge on any atom is -0.395 e. The van der Waals surface area contributed by atoms with Crippen molar-refractivity contribution in [2.24, 2.45) is 0 Å². The van der Waals surface area contributed by atoms with E-state index >= 15 is 0 Å². The highest BCUT2D eigenvalue weighted by Gasteiger charge is 2.25. The van der Waals surface area contributed by atoms with E-state index < -0.39 is 17.0 Å². The van der Waals surface area contributed by atoms with Gasteiger partial charge in [-0.15, -0.1) is 0 Å². The van der Waals surface area contributed by atoms with Gasteiger partial charge >= 0.3 is 0 Å². The lowest BCUT2D eigenvalue weighted by Gasteiger charge is -2.23. The molecule has 0 atom stereocenters. The molecule has 1 aromatic carbocycles. The van der Waals surface area contributed by atoms with Crippen LogP contribution in [-0.2, 0) is 5.41 Å². The van der Waals surface area contributed by atoms with E-state index in [1.807, 2.05) is 0 Å². The normalized spacial score (nSPS) is 11.9. The molecule has 4 heteroatoms. The fraction of sp³-hybridized carbons (Fsp3) is 0.400. The summed E-state index contributed by atoms with van der Waals surface area (Å²) in [5.74, 6) is -1.04. The van der Waals surface area contributed by atoms with Crippen molar-refractivity contribution in [1.29, 1.82) is 0 Å². The Morgan fingerprint density at radius 3 is 2.43 bits per heavy atom. The van der Waals surface area contributed by atoms with Crippen molar-refractivity contribution >= 4 is 15.9 Å². The van der Waals surface area contributed by atoms with Gasteiger partial charge < -0.3 is 5.11 Å². The van der Waals surface area contributed by atoms with Crippen molar-refractivity contribution in [3.63, 3.8) is 0 Å². The molecule has 1 nitrogen and oxygen atoms in total. The average Bonchev–Trinajstić information content (AvgIpc) is 2.11. The van der Waals surface area contributed by atoms with Gasteiger partial charge in [-0.2, -0.15) is 0 Å². The third-order valence-corrected chi connectivity index (χ3v) is 2.69. The van der Waals surface area contributed by atoms with Crippen LogP contribution in [0, 0.1) is 11.6 Å². The summed E-state index contributed by atoms with van der Waals surface area (Å²) in [6.45, 7) is 3.06. The standard InChI is InChI=1S/C10H11BrF2O/c1-10(2,5-14)7-3-6(12)4-8(11)9(7)13/h3-4,14H,5H2,1-2H3. The van der Waals surface area contributed by atoms with Crippen LogP contribution >= 0.6 is 15.9 Å². The van der Waals surface area contributed by atoms with Crippen molar-refractivity contribution in [3.05, 3.63) is 33.8 Å². The zero-order chi connectivity index (χ0) is 10.9. The number of aliphatic hydroxyl groups excluding tert-OH is 1. The zero-order valence-corrected chi connectivity index (χ0v) is 9.53. The van der Waals surface area contributed by atoms with Gasteiger partial charge in [0, 0.05) is 5.41 Å². The Balaban J connectivity index is 3.34. The first-order valence-corrected chi connectivity index (χ1v) is 4.93. The predicted molar refractivity (Wildman–Crippen MR) is 54.2 cm³/mol. The first-order chi connectivity index (χ1) is 6.38. The third-order valence-electron chi connectivity index (χ3n) is 2.12. The first kappa shape index (κ1) is 11.6. The summed E-state index contributed by atoms with van der Waals surface area (Å²) < 4.78 is 26.6. The summed E-state index contributed by atoms with van der Waals surface area (Å²) in [7, 11) is 0. The number of hydrogen-bond donors (Lipinski definition) is 1. The molecule has 0 radical (unpaired) electrons. The summed E-state index contributed by atoms with van der Waals surface area (Å²) in [6, 6.07) is 2.17. The molecule has 0 heterocycles. The third kappa shape index (κ3) is 2.12. The Kier molecular flexibility index (Phi) is 3.27. The fourth-order valence-corrected chi connectivity index (χ4v) is 1.57. The molecule has 78 valence electrons. The molecule has 0 aliphatic rings. The summed E-state index contributed by atoms with van der Waals surface area (Å²) in [4.78, 5) is 0. The van der Waals surface area contributed by atoms with E-state index in [1.54, 1.807) is 13.8 Å². The minimum absolute atomic E-state index is 0.0778. The van der Waals surface area contributed by atoms with Crippen molar-refractivity contribution in [2.75, 3.05) is 6.61 Å². The lowest BCUT2D eigenvalue weighted by molar-refractivity contribution is 0.214. The van der Waals surface area contributed by atoms with Gasteiger partial charge in [-0.05, 0) is 33.6 Å². The summed E-state index contributed by atoms with van der Waals surface area (Å²) >= 11 is 2.92. The number of rotatable bonds is 2. The molecule has 0 aromatic heterocycles. The predicted octanol–water partition coefficient (Wildman–Crippen LogP) is 3.00.